The summed E-state index contributed by atoms with van der Waals surface area (Å²) in [7, 11) is 0. The number of thiocarbonyl (C=S) groups is 1. The molecule has 0 atom stereocenters. The second kappa shape index (κ2) is 8.30. The van der Waals surface area contributed by atoms with Crippen molar-refractivity contribution in [1.29, 1.82) is 0 Å². The van der Waals surface area contributed by atoms with Gasteiger partial charge in [-0.05, 0) is 61.4 Å². The second-order valence-electron chi connectivity index (χ2n) is 6.91. The number of carbonyl (C=O) groups excluding carboxylic acids is 1. The number of nitro benzene ring substituents is 1. The number of carbonyl (C=O) groups is 1. The van der Waals surface area contributed by atoms with E-state index in [1.165, 1.54) is 28.8 Å². The fourth-order valence-electron chi connectivity index (χ4n) is 3.12. The summed E-state index contributed by atoms with van der Waals surface area (Å²) in [6.07, 6.45) is 1.59. The van der Waals surface area contributed by atoms with Gasteiger partial charge in [0.2, 0.25) is 0 Å². The summed E-state index contributed by atoms with van der Waals surface area (Å²) in [5.74, 6) is 0.452. The van der Waals surface area contributed by atoms with Crippen LogP contribution in [0.5, 0.6) is 0 Å². The number of nitrogens with zero attached hydrogens (tertiary/aromatic N) is 2. The molecule has 0 saturated carbocycles. The molecule has 31 heavy (non-hydrogen) atoms. The summed E-state index contributed by atoms with van der Waals surface area (Å²) in [5.41, 5.74) is 3.05. The summed E-state index contributed by atoms with van der Waals surface area (Å²) in [5, 5.41) is 11.6. The van der Waals surface area contributed by atoms with Crippen LogP contribution in [-0.2, 0) is 4.79 Å². The van der Waals surface area contributed by atoms with E-state index in [4.69, 9.17) is 28.2 Å². The summed E-state index contributed by atoms with van der Waals surface area (Å²) in [6, 6.07) is 13.4. The van der Waals surface area contributed by atoms with Gasteiger partial charge < -0.3 is 4.42 Å². The summed E-state index contributed by atoms with van der Waals surface area (Å²) < 4.78 is 6.20. The van der Waals surface area contributed by atoms with Crippen molar-refractivity contribution in [3.8, 4) is 11.3 Å². The first-order valence-corrected chi connectivity index (χ1v) is 10.7. The van der Waals surface area contributed by atoms with Crippen LogP contribution in [0.1, 0.15) is 16.9 Å². The Morgan fingerprint density at radius 2 is 1.90 bits per heavy atom. The smallest absolute Gasteiger partial charge is 0.281 e. The lowest BCUT2D eigenvalue weighted by Gasteiger charge is -2.15. The normalized spacial score (nSPS) is 15.2. The number of anilines is 1. The van der Waals surface area contributed by atoms with Gasteiger partial charge in [0.25, 0.3) is 11.6 Å². The highest BCUT2D eigenvalue weighted by Gasteiger charge is 2.33. The highest BCUT2D eigenvalue weighted by Crippen LogP contribution is 2.38. The molecule has 1 aromatic heterocycles. The maximum Gasteiger partial charge on any atom is 0.281 e. The Morgan fingerprint density at radius 3 is 2.61 bits per heavy atom. The molecule has 1 aliphatic heterocycles. The van der Waals surface area contributed by atoms with Crippen LogP contribution >= 0.6 is 35.6 Å². The van der Waals surface area contributed by atoms with E-state index in [1.54, 1.807) is 24.3 Å². The Balaban J connectivity index is 1.64. The molecule has 2 heterocycles. The average molecular weight is 471 g/mol. The number of benzene rings is 2. The van der Waals surface area contributed by atoms with E-state index >= 15 is 0 Å². The Bertz CT molecular complexity index is 1280. The lowest BCUT2D eigenvalue weighted by Crippen LogP contribution is -2.27. The van der Waals surface area contributed by atoms with Crippen molar-refractivity contribution in [2.24, 2.45) is 0 Å². The van der Waals surface area contributed by atoms with Crippen LogP contribution in [0, 0.1) is 24.0 Å². The van der Waals surface area contributed by atoms with Crippen molar-refractivity contribution in [2.45, 2.75) is 13.8 Å². The van der Waals surface area contributed by atoms with Gasteiger partial charge in [-0.1, -0.05) is 41.6 Å². The molecule has 1 amide bonds. The highest BCUT2D eigenvalue weighted by molar-refractivity contribution is 8.27. The van der Waals surface area contributed by atoms with Crippen LogP contribution in [0.3, 0.4) is 0 Å². The number of furan rings is 1. The van der Waals surface area contributed by atoms with E-state index in [1.807, 2.05) is 32.0 Å². The van der Waals surface area contributed by atoms with Crippen LogP contribution in [0.4, 0.5) is 11.4 Å². The third-order valence-corrected chi connectivity index (χ3v) is 6.40. The topological polar surface area (TPSA) is 76.6 Å². The number of halogens is 1. The van der Waals surface area contributed by atoms with E-state index < -0.39 is 4.92 Å². The molecule has 1 saturated heterocycles. The van der Waals surface area contributed by atoms with E-state index in [9.17, 15) is 14.9 Å². The fourth-order valence-corrected chi connectivity index (χ4v) is 4.57. The number of thioether (sulfide) groups is 1. The molecular formula is C22H15ClN2O4S2. The van der Waals surface area contributed by atoms with Crippen LogP contribution in [-0.4, -0.2) is 15.2 Å². The number of nitro groups is 1. The first-order valence-electron chi connectivity index (χ1n) is 9.14. The van der Waals surface area contributed by atoms with Gasteiger partial charge in [-0.15, -0.1) is 0 Å². The van der Waals surface area contributed by atoms with Gasteiger partial charge in [-0.3, -0.25) is 19.8 Å². The molecule has 0 radical (unpaired) electrons. The zero-order chi connectivity index (χ0) is 22.3. The van der Waals surface area contributed by atoms with Crippen LogP contribution < -0.4 is 4.90 Å². The molecule has 156 valence electrons. The lowest BCUT2D eigenvalue weighted by atomic mass is 10.1. The molecule has 1 fully saturated rings. The molecular weight excluding hydrogens is 456 g/mol. The predicted molar refractivity (Wildman–Crippen MR) is 127 cm³/mol. The van der Waals surface area contributed by atoms with E-state index in [0.29, 0.717) is 32.0 Å². The molecule has 0 unspecified atom stereocenters. The van der Waals surface area contributed by atoms with Gasteiger partial charge in [0.1, 0.15) is 11.5 Å². The molecule has 6 nitrogen and oxygen atoms in total. The van der Waals surface area contributed by atoms with E-state index in [-0.39, 0.29) is 16.6 Å². The van der Waals surface area contributed by atoms with Crippen molar-refractivity contribution < 1.29 is 14.1 Å². The average Bonchev–Trinajstić information content (AvgIpc) is 3.28. The largest absolute Gasteiger partial charge is 0.456 e. The quantitative estimate of drug-likeness (QED) is 0.187. The van der Waals surface area contributed by atoms with Crippen LogP contribution in [0.15, 0.2) is 57.9 Å². The number of amides is 1. The second-order valence-corrected chi connectivity index (χ2v) is 9.02. The molecule has 0 spiro atoms. The van der Waals surface area contributed by atoms with E-state index in [2.05, 4.69) is 0 Å². The van der Waals surface area contributed by atoms with Gasteiger partial charge in [0.05, 0.1) is 21.1 Å². The van der Waals surface area contributed by atoms with Crippen molar-refractivity contribution in [1.82, 2.24) is 0 Å². The minimum atomic E-state index is -0.516. The van der Waals surface area contributed by atoms with Crippen molar-refractivity contribution >= 4 is 63.3 Å². The summed E-state index contributed by atoms with van der Waals surface area (Å²) in [6.45, 7) is 3.98. The van der Waals surface area contributed by atoms with Gasteiger partial charge in [-0.25, -0.2) is 0 Å². The monoisotopic (exact) mass is 470 g/mol. The number of hydrogen-bond donors (Lipinski definition) is 0. The van der Waals surface area contributed by atoms with Crippen LogP contribution in [0.25, 0.3) is 17.4 Å². The molecule has 2 aromatic carbocycles. The van der Waals surface area contributed by atoms with E-state index in [0.717, 1.165) is 11.1 Å². The van der Waals surface area contributed by atoms with Gasteiger partial charge in [0, 0.05) is 17.2 Å². The third-order valence-electron chi connectivity index (χ3n) is 4.86. The summed E-state index contributed by atoms with van der Waals surface area (Å²) in [4.78, 5) is 25.7. The minimum Gasteiger partial charge on any atom is -0.456 e. The number of hydrogen-bond acceptors (Lipinski definition) is 6. The highest BCUT2D eigenvalue weighted by atomic mass is 35.5. The lowest BCUT2D eigenvalue weighted by molar-refractivity contribution is -0.384. The molecule has 0 aliphatic carbocycles. The SMILES string of the molecule is Cc1ccc(N2C(=O)C(=Cc3ccc(-c4ccc(Cl)cc4[N+](=O)[O-])o3)SC2=S)cc1C. The van der Waals surface area contributed by atoms with Crippen molar-refractivity contribution in [3.63, 3.8) is 0 Å². The molecule has 0 N–H and O–H groups in total. The fraction of sp³-hybridized carbons (Fsp3) is 0.0909. The van der Waals surface area contributed by atoms with Crippen molar-refractivity contribution in [3.05, 3.63) is 85.5 Å². The Hall–Kier alpha value is -2.94. The molecule has 4 rings (SSSR count). The minimum absolute atomic E-state index is 0.158. The maximum absolute atomic E-state index is 13.0. The molecule has 0 bridgehead atoms. The third kappa shape index (κ3) is 4.14. The molecule has 9 heteroatoms. The van der Waals surface area contributed by atoms with Gasteiger partial charge in [0.15, 0.2) is 4.32 Å². The first-order chi connectivity index (χ1) is 14.7. The zero-order valence-corrected chi connectivity index (χ0v) is 18.8. The predicted octanol–water partition coefficient (Wildman–Crippen LogP) is 6.53. The standard InChI is InChI=1S/C22H15ClN2O4S2/c1-12-3-5-15(9-13(12)2)24-21(26)20(31-22(24)30)11-16-6-8-19(29-16)17-7-4-14(23)10-18(17)25(27)28/h3-11H,1-2H3. The Kier molecular flexibility index (Phi) is 5.70. The zero-order valence-electron chi connectivity index (χ0n) is 16.4. The van der Waals surface area contributed by atoms with Gasteiger partial charge in [-0.2, -0.15) is 0 Å². The van der Waals surface area contributed by atoms with Gasteiger partial charge >= 0.3 is 0 Å². The van der Waals surface area contributed by atoms with Crippen LogP contribution in [0.2, 0.25) is 5.02 Å². The number of aryl methyl sites for hydroxylation is 2. The Labute approximate surface area is 192 Å². The number of rotatable bonds is 4. The first kappa shape index (κ1) is 21.3. The molecule has 3 aromatic rings. The van der Waals surface area contributed by atoms with Crippen molar-refractivity contribution in [2.75, 3.05) is 4.90 Å². The Morgan fingerprint density at radius 1 is 1.13 bits per heavy atom. The summed E-state index contributed by atoms with van der Waals surface area (Å²) >= 11 is 12.5. The maximum atomic E-state index is 13.0. The molecule has 1 aliphatic rings.